The highest BCUT2D eigenvalue weighted by molar-refractivity contribution is 5.13. The van der Waals surface area contributed by atoms with Gasteiger partial charge in [0.05, 0.1) is 13.2 Å². The second-order valence-electron chi connectivity index (χ2n) is 5.10. The van der Waals surface area contributed by atoms with Crippen LogP contribution in [0.25, 0.3) is 0 Å². The molecule has 0 radical (unpaired) electrons. The minimum absolute atomic E-state index is 0.353. The summed E-state index contributed by atoms with van der Waals surface area (Å²) in [4.78, 5) is 3.65. The predicted octanol–water partition coefficient (Wildman–Crippen LogP) is 4.38. The average molecular weight is 303 g/mol. The summed E-state index contributed by atoms with van der Waals surface area (Å²) in [5, 5.41) is 0. The van der Waals surface area contributed by atoms with Gasteiger partial charge >= 0.3 is 0 Å². The zero-order valence-corrected chi connectivity index (χ0v) is 12.7. The molecule has 2 aromatic rings. The van der Waals surface area contributed by atoms with Gasteiger partial charge in [0.25, 0.3) is 0 Å². The number of hydrogen-bond acceptors (Lipinski definition) is 3. The summed E-state index contributed by atoms with van der Waals surface area (Å²) in [6, 6.07) is 14.8. The van der Waals surface area contributed by atoms with E-state index in [1.165, 1.54) is 11.6 Å². The van der Waals surface area contributed by atoms with E-state index in [2.05, 4.69) is 17.1 Å². The second-order valence-corrected chi connectivity index (χ2v) is 5.10. The molecule has 0 amide bonds. The predicted molar refractivity (Wildman–Crippen MR) is 84.3 cm³/mol. The standard InChI is InChI=1S/C18H22FNO2/c19-17-11-8-12-18(20-17)22-14-7-2-1-6-13-21-15-16-9-4-3-5-10-16/h3-5,8-12H,1-2,6-7,13-15H2. The molecule has 4 heteroatoms. The Morgan fingerprint density at radius 1 is 0.818 bits per heavy atom. The van der Waals surface area contributed by atoms with Gasteiger partial charge in [-0.1, -0.05) is 42.8 Å². The number of rotatable bonds is 10. The molecule has 0 aliphatic carbocycles. The number of halogens is 1. The fraction of sp³-hybridized carbons (Fsp3) is 0.389. The van der Waals surface area contributed by atoms with Crippen LogP contribution >= 0.6 is 0 Å². The van der Waals surface area contributed by atoms with Crippen molar-refractivity contribution in [3.8, 4) is 5.88 Å². The third kappa shape index (κ3) is 6.68. The Bertz CT molecular complexity index is 534. The van der Waals surface area contributed by atoms with E-state index in [0.717, 1.165) is 32.3 Å². The number of benzene rings is 1. The van der Waals surface area contributed by atoms with Gasteiger partial charge in [-0.15, -0.1) is 0 Å². The first-order valence-corrected chi connectivity index (χ1v) is 7.71. The third-order valence-electron chi connectivity index (χ3n) is 3.23. The highest BCUT2D eigenvalue weighted by Gasteiger charge is 1.98. The number of pyridine rings is 1. The topological polar surface area (TPSA) is 31.4 Å². The Hall–Kier alpha value is -1.94. The molecular weight excluding hydrogens is 281 g/mol. The lowest BCUT2D eigenvalue weighted by Gasteiger charge is -2.06. The molecule has 1 aromatic heterocycles. The van der Waals surface area contributed by atoms with Crippen LogP contribution in [-0.4, -0.2) is 18.2 Å². The lowest BCUT2D eigenvalue weighted by atomic mass is 10.2. The summed E-state index contributed by atoms with van der Waals surface area (Å²) >= 11 is 0. The molecule has 0 spiro atoms. The van der Waals surface area contributed by atoms with Gasteiger partial charge in [0.15, 0.2) is 0 Å². The summed E-state index contributed by atoms with van der Waals surface area (Å²) in [5.74, 6) is -0.153. The monoisotopic (exact) mass is 303 g/mol. The second kappa shape index (κ2) is 9.90. The number of nitrogens with zero attached hydrogens (tertiary/aromatic N) is 1. The van der Waals surface area contributed by atoms with Crippen molar-refractivity contribution < 1.29 is 13.9 Å². The molecule has 22 heavy (non-hydrogen) atoms. The molecule has 2 rings (SSSR count). The quantitative estimate of drug-likeness (QED) is 0.482. The van der Waals surface area contributed by atoms with Crippen LogP contribution in [0.5, 0.6) is 5.88 Å². The van der Waals surface area contributed by atoms with Crippen molar-refractivity contribution in [2.45, 2.75) is 32.3 Å². The molecule has 0 unspecified atom stereocenters. The molecule has 0 fully saturated rings. The summed E-state index contributed by atoms with van der Waals surface area (Å²) in [7, 11) is 0. The Morgan fingerprint density at radius 2 is 1.59 bits per heavy atom. The summed E-state index contributed by atoms with van der Waals surface area (Å²) in [6.07, 6.45) is 4.17. The lowest BCUT2D eigenvalue weighted by molar-refractivity contribution is 0.116. The fourth-order valence-corrected chi connectivity index (χ4v) is 2.07. The summed E-state index contributed by atoms with van der Waals surface area (Å²) in [6.45, 7) is 2.03. The van der Waals surface area contributed by atoms with E-state index in [-0.39, 0.29) is 0 Å². The molecule has 1 heterocycles. The van der Waals surface area contributed by atoms with Crippen LogP contribution in [0.3, 0.4) is 0 Å². The van der Waals surface area contributed by atoms with Gasteiger partial charge in [-0.2, -0.15) is 9.37 Å². The highest BCUT2D eigenvalue weighted by atomic mass is 19.1. The van der Waals surface area contributed by atoms with E-state index in [1.807, 2.05) is 18.2 Å². The van der Waals surface area contributed by atoms with Crippen LogP contribution in [0.1, 0.15) is 31.2 Å². The average Bonchev–Trinajstić information content (AvgIpc) is 2.54. The van der Waals surface area contributed by atoms with Gasteiger partial charge in [-0.3, -0.25) is 0 Å². The molecule has 0 bridgehead atoms. The summed E-state index contributed by atoms with van der Waals surface area (Å²) < 4.78 is 23.8. The van der Waals surface area contributed by atoms with Gasteiger partial charge in [0.1, 0.15) is 0 Å². The van der Waals surface area contributed by atoms with Crippen LogP contribution in [0, 0.1) is 5.95 Å². The molecule has 0 saturated carbocycles. The largest absolute Gasteiger partial charge is 0.478 e. The van der Waals surface area contributed by atoms with Gasteiger partial charge in [-0.05, 0) is 30.9 Å². The maximum atomic E-state index is 12.8. The van der Waals surface area contributed by atoms with Gasteiger partial charge in [0.2, 0.25) is 11.8 Å². The van der Waals surface area contributed by atoms with Crippen LogP contribution in [-0.2, 0) is 11.3 Å². The SMILES string of the molecule is Fc1cccc(OCCCCCCOCc2ccccc2)n1. The lowest BCUT2D eigenvalue weighted by Crippen LogP contribution is -2.00. The minimum atomic E-state index is -0.506. The van der Waals surface area contributed by atoms with Crippen LogP contribution in [0.2, 0.25) is 0 Å². The van der Waals surface area contributed by atoms with E-state index in [1.54, 1.807) is 12.1 Å². The smallest absolute Gasteiger partial charge is 0.216 e. The van der Waals surface area contributed by atoms with Crippen molar-refractivity contribution >= 4 is 0 Å². The van der Waals surface area contributed by atoms with Crippen LogP contribution in [0.4, 0.5) is 4.39 Å². The van der Waals surface area contributed by atoms with Crippen LogP contribution < -0.4 is 4.74 Å². The van der Waals surface area contributed by atoms with Gasteiger partial charge in [0, 0.05) is 12.7 Å². The molecule has 0 saturated heterocycles. The number of ether oxygens (including phenoxy) is 2. The Kier molecular flexibility index (Phi) is 7.39. The Balaban J connectivity index is 1.43. The summed E-state index contributed by atoms with van der Waals surface area (Å²) in [5.41, 5.74) is 1.21. The van der Waals surface area contributed by atoms with E-state index >= 15 is 0 Å². The number of aromatic nitrogens is 1. The van der Waals surface area contributed by atoms with Crippen molar-refractivity contribution in [2.24, 2.45) is 0 Å². The van der Waals surface area contributed by atoms with E-state index in [4.69, 9.17) is 9.47 Å². The van der Waals surface area contributed by atoms with Crippen molar-refractivity contribution in [3.63, 3.8) is 0 Å². The minimum Gasteiger partial charge on any atom is -0.478 e. The molecule has 0 atom stereocenters. The molecular formula is C18H22FNO2. The van der Waals surface area contributed by atoms with Crippen molar-refractivity contribution in [2.75, 3.05) is 13.2 Å². The van der Waals surface area contributed by atoms with Crippen molar-refractivity contribution in [1.82, 2.24) is 4.98 Å². The molecule has 0 aliphatic rings. The molecule has 0 N–H and O–H groups in total. The fourth-order valence-electron chi connectivity index (χ4n) is 2.07. The molecule has 1 aromatic carbocycles. The maximum absolute atomic E-state index is 12.8. The maximum Gasteiger partial charge on any atom is 0.216 e. The number of hydrogen-bond donors (Lipinski definition) is 0. The first-order chi connectivity index (χ1) is 10.8. The number of unbranched alkanes of at least 4 members (excludes halogenated alkanes) is 3. The Morgan fingerprint density at radius 3 is 2.36 bits per heavy atom. The molecule has 3 nitrogen and oxygen atoms in total. The first-order valence-electron chi connectivity index (χ1n) is 7.71. The van der Waals surface area contributed by atoms with Gasteiger partial charge < -0.3 is 9.47 Å². The zero-order valence-electron chi connectivity index (χ0n) is 12.7. The molecule has 118 valence electrons. The third-order valence-corrected chi connectivity index (χ3v) is 3.23. The zero-order chi connectivity index (χ0) is 15.5. The van der Waals surface area contributed by atoms with E-state index in [0.29, 0.717) is 19.1 Å². The molecule has 0 aliphatic heterocycles. The van der Waals surface area contributed by atoms with Crippen molar-refractivity contribution in [3.05, 3.63) is 60.0 Å². The van der Waals surface area contributed by atoms with E-state index in [9.17, 15) is 4.39 Å². The first kappa shape index (κ1) is 16.4. The van der Waals surface area contributed by atoms with Crippen LogP contribution in [0.15, 0.2) is 48.5 Å². The Labute approximate surface area is 131 Å². The highest BCUT2D eigenvalue weighted by Crippen LogP contribution is 2.08. The van der Waals surface area contributed by atoms with Gasteiger partial charge in [-0.25, -0.2) is 0 Å². The van der Waals surface area contributed by atoms with Crippen molar-refractivity contribution in [1.29, 1.82) is 0 Å². The normalized spacial score (nSPS) is 10.6. The van der Waals surface area contributed by atoms with E-state index < -0.39 is 5.95 Å².